The summed E-state index contributed by atoms with van der Waals surface area (Å²) < 4.78 is 35.9. The Kier molecular flexibility index (Phi) is 12.0. The van der Waals surface area contributed by atoms with Crippen LogP contribution in [0.15, 0.2) is 125 Å². The maximum absolute atomic E-state index is 13.1. The fraction of sp³-hybridized carbons (Fsp3) is 0.317. The summed E-state index contributed by atoms with van der Waals surface area (Å²) in [7, 11) is 2.07. The van der Waals surface area contributed by atoms with Gasteiger partial charge < -0.3 is 23.5 Å². The van der Waals surface area contributed by atoms with Crippen LogP contribution in [0.5, 0.6) is 11.5 Å². The summed E-state index contributed by atoms with van der Waals surface area (Å²) in [6.45, 7) is 7.62. The number of aromatic nitrogens is 2. The van der Waals surface area contributed by atoms with Gasteiger partial charge in [0.1, 0.15) is 37.7 Å². The molecule has 1 aliphatic heterocycles. The topological polar surface area (TPSA) is 104 Å². The molecule has 10 nitrogen and oxygen atoms in total. The Bertz CT molecular complexity index is 1950. The lowest BCUT2D eigenvalue weighted by atomic mass is 9.80. The Labute approximate surface area is 305 Å². The predicted molar refractivity (Wildman–Crippen MR) is 204 cm³/mol. The molecule has 0 amide bonds. The predicted octanol–water partition coefficient (Wildman–Crippen LogP) is 6.52. The van der Waals surface area contributed by atoms with E-state index in [1.54, 1.807) is 27.3 Å². The van der Waals surface area contributed by atoms with Gasteiger partial charge in [0, 0.05) is 36.6 Å². The Morgan fingerprint density at radius 2 is 1.35 bits per heavy atom. The molecule has 2 heterocycles. The zero-order valence-corrected chi connectivity index (χ0v) is 31.1. The van der Waals surface area contributed by atoms with Gasteiger partial charge >= 0.3 is 5.69 Å². The van der Waals surface area contributed by atoms with E-state index in [4.69, 9.17) is 23.5 Å². The highest BCUT2D eigenvalue weighted by molar-refractivity contribution is 7.58. The average Bonchev–Trinajstić information content (AvgIpc) is 3.59. The minimum Gasteiger partial charge on any atom is -0.497 e. The van der Waals surface area contributed by atoms with Gasteiger partial charge in [-0.2, -0.15) is 0 Å². The van der Waals surface area contributed by atoms with Crippen LogP contribution in [0, 0.1) is 6.92 Å². The van der Waals surface area contributed by atoms with Gasteiger partial charge in [0.05, 0.1) is 26.9 Å². The van der Waals surface area contributed by atoms with E-state index in [9.17, 15) is 9.59 Å². The molecule has 0 spiro atoms. The van der Waals surface area contributed by atoms with E-state index in [2.05, 4.69) is 47.8 Å². The highest BCUT2D eigenvalue weighted by Gasteiger charge is 2.44. The summed E-state index contributed by atoms with van der Waals surface area (Å²) >= 11 is 0. The zero-order chi connectivity index (χ0) is 36.7. The van der Waals surface area contributed by atoms with Crippen molar-refractivity contribution >= 4 is 13.6 Å². The molecule has 1 unspecified atom stereocenters. The molecule has 1 saturated heterocycles. The lowest BCUT2D eigenvalue weighted by Gasteiger charge is -2.38. The molecular weight excluding hydrogens is 677 g/mol. The van der Waals surface area contributed by atoms with Crippen molar-refractivity contribution in [3.8, 4) is 11.5 Å². The molecule has 6 rings (SSSR count). The summed E-state index contributed by atoms with van der Waals surface area (Å²) in [5.74, 6) is 1.45. The summed E-state index contributed by atoms with van der Waals surface area (Å²) in [6.07, 6.45) is 0.179. The van der Waals surface area contributed by atoms with Crippen LogP contribution in [0.4, 0.5) is 0 Å². The third-order valence-electron chi connectivity index (χ3n) is 9.47. The number of nitrogens with zero attached hydrogens (tertiary/aromatic N) is 2. The standard InChI is InChI=1S/C41H46N3O7P/c1-6-43(7-2)52(35-16-12-9-13-17-35)51-36-26-38(44-27-29(3)39(45)42-40(44)46)50-37(36)28-49-41(30-14-10-8-11-15-30,31-18-22-33(47-4)23-19-31)32-20-24-34(48-5)25-21-32/h8-25,27,36-38H,6-7,26,28H2,1-5H3,(H,42,45,46)/t36-,37+,38+,52?/m0/s1. The first-order valence-corrected chi connectivity index (χ1v) is 18.7. The zero-order valence-electron chi connectivity index (χ0n) is 30.2. The second-order valence-electron chi connectivity index (χ2n) is 12.6. The number of aromatic amines is 1. The number of ether oxygens (including phenoxy) is 4. The van der Waals surface area contributed by atoms with Crippen molar-refractivity contribution in [2.24, 2.45) is 0 Å². The summed E-state index contributed by atoms with van der Waals surface area (Å²) in [5.41, 5.74) is 1.06. The highest BCUT2D eigenvalue weighted by atomic mass is 31.2. The van der Waals surface area contributed by atoms with Crippen LogP contribution < -0.4 is 26.0 Å². The van der Waals surface area contributed by atoms with E-state index in [-0.39, 0.29) is 6.61 Å². The molecule has 272 valence electrons. The monoisotopic (exact) mass is 723 g/mol. The first-order chi connectivity index (χ1) is 25.3. The molecule has 1 fully saturated rings. The third-order valence-corrected chi connectivity index (χ3v) is 11.8. The van der Waals surface area contributed by atoms with Crippen LogP contribution in [0.2, 0.25) is 0 Å². The fourth-order valence-electron chi connectivity index (χ4n) is 6.67. The number of nitrogens with one attached hydrogen (secondary N) is 1. The lowest BCUT2D eigenvalue weighted by molar-refractivity contribution is -0.0911. The molecule has 4 atom stereocenters. The molecule has 0 radical (unpaired) electrons. The van der Waals surface area contributed by atoms with Crippen molar-refractivity contribution in [1.82, 2.24) is 14.2 Å². The van der Waals surface area contributed by atoms with Crippen LogP contribution >= 0.6 is 8.30 Å². The van der Waals surface area contributed by atoms with Gasteiger partial charge in [0.25, 0.3) is 5.56 Å². The van der Waals surface area contributed by atoms with Gasteiger partial charge in [-0.05, 0) is 47.9 Å². The van der Waals surface area contributed by atoms with Gasteiger partial charge in [0.15, 0.2) is 0 Å². The number of hydrogen-bond acceptors (Lipinski definition) is 8. The van der Waals surface area contributed by atoms with Gasteiger partial charge in [-0.15, -0.1) is 0 Å². The number of methoxy groups -OCH3 is 2. The minimum atomic E-state index is -1.22. The second kappa shape index (κ2) is 16.8. The molecule has 5 aromatic rings. The first-order valence-electron chi connectivity index (χ1n) is 17.5. The summed E-state index contributed by atoms with van der Waals surface area (Å²) in [4.78, 5) is 27.9. The number of rotatable bonds is 15. The van der Waals surface area contributed by atoms with Crippen LogP contribution in [0.25, 0.3) is 0 Å². The minimum absolute atomic E-state index is 0.113. The van der Waals surface area contributed by atoms with Crippen LogP contribution in [0.1, 0.15) is 48.8 Å². The van der Waals surface area contributed by atoms with Crippen molar-refractivity contribution in [3.05, 3.63) is 158 Å². The Morgan fingerprint density at radius 3 is 1.88 bits per heavy atom. The first kappa shape index (κ1) is 37.2. The quantitative estimate of drug-likeness (QED) is 0.0962. The molecule has 4 aromatic carbocycles. The number of aryl methyl sites for hydroxylation is 1. The normalized spacial score (nSPS) is 18.0. The van der Waals surface area contributed by atoms with Crippen LogP contribution in [-0.2, 0) is 19.6 Å². The van der Waals surface area contributed by atoms with Gasteiger partial charge in [-0.3, -0.25) is 19.0 Å². The lowest BCUT2D eigenvalue weighted by Crippen LogP contribution is -2.39. The molecule has 0 aliphatic carbocycles. The average molecular weight is 724 g/mol. The Balaban J connectivity index is 1.44. The Morgan fingerprint density at radius 1 is 0.808 bits per heavy atom. The molecule has 11 heteroatoms. The largest absolute Gasteiger partial charge is 0.497 e. The second-order valence-corrected chi connectivity index (χ2v) is 14.4. The molecule has 0 saturated carbocycles. The van der Waals surface area contributed by atoms with Crippen molar-refractivity contribution in [3.63, 3.8) is 0 Å². The molecule has 0 bridgehead atoms. The van der Waals surface area contributed by atoms with Crippen LogP contribution in [0.3, 0.4) is 0 Å². The van der Waals surface area contributed by atoms with Gasteiger partial charge in [-0.25, -0.2) is 4.79 Å². The fourth-order valence-corrected chi connectivity index (χ4v) is 8.67. The Hall–Kier alpha value is -4.57. The van der Waals surface area contributed by atoms with E-state index < -0.39 is 43.6 Å². The number of hydrogen-bond donors (Lipinski definition) is 1. The number of benzene rings is 4. The van der Waals surface area contributed by atoms with Gasteiger partial charge in [0.2, 0.25) is 0 Å². The highest BCUT2D eigenvalue weighted by Crippen LogP contribution is 2.47. The molecule has 1 aliphatic rings. The van der Waals surface area contributed by atoms with Crippen LogP contribution in [-0.4, -0.2) is 60.3 Å². The van der Waals surface area contributed by atoms with E-state index in [1.165, 1.54) is 4.57 Å². The maximum Gasteiger partial charge on any atom is 0.330 e. The molecule has 1 N–H and O–H groups in total. The van der Waals surface area contributed by atoms with E-state index in [1.807, 2.05) is 84.9 Å². The third kappa shape index (κ3) is 7.77. The SMILES string of the molecule is CCN(CC)P(O[C@H]1C[C@H](n2cc(C)c(=O)[nH]c2=O)O[C@@H]1COC(c1ccccc1)(c1ccc(OC)cc1)c1ccc(OC)cc1)c1ccccc1. The number of H-pyrrole nitrogens is 1. The smallest absolute Gasteiger partial charge is 0.330 e. The van der Waals surface area contributed by atoms with E-state index in [0.717, 1.165) is 46.6 Å². The van der Waals surface area contributed by atoms with Crippen molar-refractivity contribution in [2.75, 3.05) is 33.9 Å². The molecular formula is C41H46N3O7P. The van der Waals surface area contributed by atoms with E-state index in [0.29, 0.717) is 12.0 Å². The summed E-state index contributed by atoms with van der Waals surface area (Å²) in [6, 6.07) is 36.1. The van der Waals surface area contributed by atoms with E-state index >= 15 is 0 Å². The van der Waals surface area contributed by atoms with Crippen molar-refractivity contribution in [1.29, 1.82) is 0 Å². The van der Waals surface area contributed by atoms with Crippen molar-refractivity contribution < 1.29 is 23.5 Å². The summed E-state index contributed by atoms with van der Waals surface area (Å²) in [5, 5.41) is 1.08. The maximum atomic E-state index is 13.1. The molecule has 1 aromatic heterocycles. The van der Waals surface area contributed by atoms with Crippen molar-refractivity contribution in [2.45, 2.75) is 51.2 Å². The molecule has 52 heavy (non-hydrogen) atoms. The van der Waals surface area contributed by atoms with Gasteiger partial charge in [-0.1, -0.05) is 98.8 Å².